The molecule has 1 aliphatic heterocycles. The van der Waals surface area contributed by atoms with Crippen LogP contribution in [-0.2, 0) is 14.1 Å². The molecule has 0 aliphatic carbocycles. The molecule has 1 amide bonds. The van der Waals surface area contributed by atoms with Gasteiger partial charge in [-0.1, -0.05) is 0 Å². The van der Waals surface area contributed by atoms with Gasteiger partial charge in [0.1, 0.15) is 0 Å². The van der Waals surface area contributed by atoms with Crippen molar-refractivity contribution in [2.75, 3.05) is 6.54 Å². The minimum Gasteiger partial charge on any atom is -0.330 e. The Hall–Kier alpha value is -2.11. The Morgan fingerprint density at radius 2 is 1.91 bits per heavy atom. The van der Waals surface area contributed by atoms with Crippen molar-refractivity contribution >= 4 is 5.91 Å². The van der Waals surface area contributed by atoms with E-state index in [1.165, 1.54) is 5.56 Å². The van der Waals surface area contributed by atoms with E-state index in [-0.39, 0.29) is 11.9 Å². The highest BCUT2D eigenvalue weighted by Crippen LogP contribution is 2.36. The Morgan fingerprint density at radius 3 is 2.45 bits per heavy atom. The average molecular weight is 301 g/mol. The average Bonchev–Trinajstić information content (AvgIpc) is 3.11. The van der Waals surface area contributed by atoms with Gasteiger partial charge >= 0.3 is 0 Å². The lowest BCUT2D eigenvalue weighted by Crippen LogP contribution is -2.31. The Kier molecular flexibility index (Phi) is 3.54. The maximum atomic E-state index is 12.8. The van der Waals surface area contributed by atoms with Crippen LogP contribution in [-0.4, -0.2) is 36.9 Å². The van der Waals surface area contributed by atoms with E-state index in [1.54, 1.807) is 4.68 Å². The highest BCUT2D eigenvalue weighted by molar-refractivity contribution is 5.93. The second-order valence-electron chi connectivity index (χ2n) is 6.16. The predicted molar refractivity (Wildman–Crippen MR) is 83.6 cm³/mol. The summed E-state index contributed by atoms with van der Waals surface area (Å²) in [5.74, 6) is 0.0221. The number of carbonyl (C=O) groups is 1. The monoisotopic (exact) mass is 301 g/mol. The number of hydrogen-bond acceptors (Lipinski definition) is 3. The maximum Gasteiger partial charge on any atom is 0.274 e. The molecule has 3 rings (SSSR count). The maximum absolute atomic E-state index is 12.8. The largest absolute Gasteiger partial charge is 0.330 e. The van der Waals surface area contributed by atoms with E-state index in [0.29, 0.717) is 5.69 Å². The van der Waals surface area contributed by atoms with Crippen LogP contribution in [0, 0.1) is 20.8 Å². The smallest absolute Gasteiger partial charge is 0.274 e. The summed E-state index contributed by atoms with van der Waals surface area (Å²) in [7, 11) is 3.82. The molecule has 0 aromatic carbocycles. The second-order valence-corrected chi connectivity index (χ2v) is 6.16. The van der Waals surface area contributed by atoms with E-state index >= 15 is 0 Å². The summed E-state index contributed by atoms with van der Waals surface area (Å²) < 4.78 is 3.65. The summed E-state index contributed by atoms with van der Waals surface area (Å²) in [4.78, 5) is 14.8. The van der Waals surface area contributed by atoms with Gasteiger partial charge in [-0.3, -0.25) is 14.2 Å². The fourth-order valence-corrected chi connectivity index (χ4v) is 3.39. The molecule has 0 saturated carbocycles. The molecular formula is C16H23N5O. The molecular weight excluding hydrogens is 278 g/mol. The molecule has 0 bridgehead atoms. The van der Waals surface area contributed by atoms with Crippen molar-refractivity contribution < 1.29 is 4.79 Å². The lowest BCUT2D eigenvalue weighted by Gasteiger charge is -2.24. The van der Waals surface area contributed by atoms with Gasteiger partial charge in [-0.05, 0) is 39.7 Å². The zero-order chi connectivity index (χ0) is 16.0. The van der Waals surface area contributed by atoms with Crippen molar-refractivity contribution in [3.8, 4) is 0 Å². The predicted octanol–water partition coefficient (Wildman–Crippen LogP) is 2.06. The van der Waals surface area contributed by atoms with Gasteiger partial charge in [0.15, 0.2) is 5.69 Å². The van der Waals surface area contributed by atoms with Gasteiger partial charge < -0.3 is 4.90 Å². The zero-order valence-corrected chi connectivity index (χ0v) is 13.9. The molecule has 0 spiro atoms. The van der Waals surface area contributed by atoms with E-state index in [0.717, 1.165) is 36.5 Å². The van der Waals surface area contributed by atoms with Gasteiger partial charge in [0.2, 0.25) is 0 Å². The molecule has 118 valence electrons. The van der Waals surface area contributed by atoms with Crippen molar-refractivity contribution in [3.05, 3.63) is 34.4 Å². The highest BCUT2D eigenvalue weighted by Gasteiger charge is 2.34. The zero-order valence-electron chi connectivity index (χ0n) is 13.9. The molecule has 1 aliphatic rings. The van der Waals surface area contributed by atoms with Crippen molar-refractivity contribution in [2.24, 2.45) is 14.1 Å². The topological polar surface area (TPSA) is 56.0 Å². The van der Waals surface area contributed by atoms with Gasteiger partial charge in [0.25, 0.3) is 5.91 Å². The van der Waals surface area contributed by atoms with Crippen molar-refractivity contribution in [1.29, 1.82) is 0 Å². The summed E-state index contributed by atoms with van der Waals surface area (Å²) in [6.45, 7) is 6.84. The van der Waals surface area contributed by atoms with E-state index in [4.69, 9.17) is 0 Å². The molecule has 6 heteroatoms. The van der Waals surface area contributed by atoms with Crippen LogP contribution in [0.4, 0.5) is 0 Å². The van der Waals surface area contributed by atoms with Crippen molar-refractivity contribution in [3.63, 3.8) is 0 Å². The standard InChI is InChI=1S/C16H23N5O/c1-10-9-13(18-19(10)4)16(22)21-8-6-7-14(21)15-11(2)17-20(5)12(15)3/h9,14H,6-8H2,1-5H3. The first-order valence-electron chi connectivity index (χ1n) is 7.72. The van der Waals surface area contributed by atoms with Crippen LogP contribution >= 0.6 is 0 Å². The van der Waals surface area contributed by atoms with Crippen LogP contribution in [0.15, 0.2) is 6.07 Å². The molecule has 6 nitrogen and oxygen atoms in total. The number of hydrogen-bond donors (Lipinski definition) is 0. The van der Waals surface area contributed by atoms with E-state index in [2.05, 4.69) is 17.1 Å². The number of aryl methyl sites for hydroxylation is 4. The van der Waals surface area contributed by atoms with E-state index in [1.807, 2.05) is 43.6 Å². The number of aromatic nitrogens is 4. The van der Waals surface area contributed by atoms with Crippen LogP contribution in [0.3, 0.4) is 0 Å². The van der Waals surface area contributed by atoms with E-state index < -0.39 is 0 Å². The fourth-order valence-electron chi connectivity index (χ4n) is 3.39. The number of amides is 1. The van der Waals surface area contributed by atoms with Crippen LogP contribution in [0.25, 0.3) is 0 Å². The van der Waals surface area contributed by atoms with Gasteiger partial charge in [-0.25, -0.2) is 0 Å². The minimum atomic E-state index is 0.0221. The summed E-state index contributed by atoms with van der Waals surface area (Å²) in [5, 5.41) is 8.84. The molecule has 22 heavy (non-hydrogen) atoms. The fraction of sp³-hybridized carbons (Fsp3) is 0.562. The van der Waals surface area contributed by atoms with E-state index in [9.17, 15) is 4.79 Å². The first-order chi connectivity index (χ1) is 10.4. The second kappa shape index (κ2) is 5.26. The Balaban J connectivity index is 1.95. The molecule has 0 N–H and O–H groups in total. The summed E-state index contributed by atoms with van der Waals surface area (Å²) >= 11 is 0. The lowest BCUT2D eigenvalue weighted by atomic mass is 10.0. The summed E-state index contributed by atoms with van der Waals surface area (Å²) in [6.07, 6.45) is 2.01. The highest BCUT2D eigenvalue weighted by atomic mass is 16.2. The molecule has 2 aromatic heterocycles. The Morgan fingerprint density at radius 1 is 1.18 bits per heavy atom. The quantitative estimate of drug-likeness (QED) is 0.853. The van der Waals surface area contributed by atoms with Crippen LogP contribution in [0.1, 0.15) is 52.0 Å². The summed E-state index contributed by atoms with van der Waals surface area (Å²) in [6, 6.07) is 1.98. The number of rotatable bonds is 2. The van der Waals surface area contributed by atoms with Crippen LogP contribution in [0.2, 0.25) is 0 Å². The third-order valence-electron chi connectivity index (χ3n) is 4.74. The van der Waals surface area contributed by atoms with Gasteiger partial charge in [0, 0.05) is 37.6 Å². The molecule has 0 radical (unpaired) electrons. The third-order valence-corrected chi connectivity index (χ3v) is 4.74. The molecule has 3 heterocycles. The summed E-state index contributed by atoms with van der Waals surface area (Å²) in [5.41, 5.74) is 4.88. The first-order valence-corrected chi connectivity index (χ1v) is 7.72. The Labute approximate surface area is 130 Å². The first kappa shape index (κ1) is 14.8. The molecule has 1 fully saturated rings. The molecule has 1 unspecified atom stereocenters. The van der Waals surface area contributed by atoms with Gasteiger partial charge in [-0.2, -0.15) is 10.2 Å². The van der Waals surface area contributed by atoms with Gasteiger partial charge in [-0.15, -0.1) is 0 Å². The third kappa shape index (κ3) is 2.23. The minimum absolute atomic E-state index is 0.0221. The van der Waals surface area contributed by atoms with Gasteiger partial charge in [0.05, 0.1) is 11.7 Å². The number of carbonyl (C=O) groups excluding carboxylic acids is 1. The van der Waals surface area contributed by atoms with Crippen LogP contribution in [0.5, 0.6) is 0 Å². The molecule has 1 atom stereocenters. The molecule has 1 saturated heterocycles. The molecule has 2 aromatic rings. The number of likely N-dealkylation sites (tertiary alicyclic amines) is 1. The van der Waals surface area contributed by atoms with Crippen LogP contribution < -0.4 is 0 Å². The Bertz CT molecular complexity index is 708. The SMILES string of the molecule is Cc1nn(C)c(C)c1C1CCCN1C(=O)c1cc(C)n(C)n1. The normalized spacial score (nSPS) is 18.2. The lowest BCUT2D eigenvalue weighted by molar-refractivity contribution is 0.0728. The van der Waals surface area contributed by atoms with Crippen molar-refractivity contribution in [2.45, 2.75) is 39.7 Å². The number of nitrogens with zero attached hydrogens (tertiary/aromatic N) is 5. The van der Waals surface area contributed by atoms with Crippen molar-refractivity contribution in [1.82, 2.24) is 24.5 Å².